The van der Waals surface area contributed by atoms with Gasteiger partial charge < -0.3 is 15.4 Å². The highest BCUT2D eigenvalue weighted by Gasteiger charge is 2.23. The van der Waals surface area contributed by atoms with Gasteiger partial charge in [0.15, 0.2) is 0 Å². The number of benzene rings is 2. The van der Waals surface area contributed by atoms with Gasteiger partial charge in [0.2, 0.25) is 5.91 Å². The Kier molecular flexibility index (Phi) is 5.89. The Bertz CT molecular complexity index is 923. The molecule has 1 saturated heterocycles. The van der Waals surface area contributed by atoms with Gasteiger partial charge >= 0.3 is 0 Å². The molecule has 2 aliphatic heterocycles. The van der Waals surface area contributed by atoms with Crippen LogP contribution in [0.15, 0.2) is 47.4 Å². The van der Waals surface area contributed by atoms with Gasteiger partial charge in [0.25, 0.3) is 5.91 Å². The van der Waals surface area contributed by atoms with E-state index in [1.54, 1.807) is 12.1 Å². The number of ether oxygens (including phenoxy) is 1. The van der Waals surface area contributed by atoms with Crippen LogP contribution in [0.25, 0.3) is 0 Å². The molecule has 0 saturated carbocycles. The Balaban J connectivity index is 1.49. The number of fused-ring (bicyclic) bond motifs is 1. The topological polar surface area (TPSA) is 70.7 Å². The number of anilines is 2. The summed E-state index contributed by atoms with van der Waals surface area (Å²) in [5.41, 5.74) is 3.10. The number of carbonyl (C=O) groups is 2. The van der Waals surface area contributed by atoms with Crippen molar-refractivity contribution in [1.82, 2.24) is 4.90 Å². The summed E-state index contributed by atoms with van der Waals surface area (Å²) in [5.74, 6) is 0.179. The SMILES string of the molecule is C[C@@H]1CN(Cc2ccccc2NC(=O)c2ccc3c(c2)NC(=O)CS3)C[C@@H](C)O1. The molecule has 2 atom stereocenters. The molecule has 0 bridgehead atoms. The molecule has 2 amide bonds. The predicted octanol–water partition coefficient (Wildman–Crippen LogP) is 3.59. The maximum absolute atomic E-state index is 12.9. The Morgan fingerprint density at radius 1 is 1.21 bits per heavy atom. The molecule has 7 heteroatoms. The number of thioether (sulfide) groups is 1. The van der Waals surface area contributed by atoms with Crippen LogP contribution in [-0.2, 0) is 16.1 Å². The van der Waals surface area contributed by atoms with Crippen molar-refractivity contribution in [3.05, 3.63) is 53.6 Å². The third kappa shape index (κ3) is 4.80. The quantitative estimate of drug-likeness (QED) is 0.805. The van der Waals surface area contributed by atoms with Gasteiger partial charge in [-0.2, -0.15) is 0 Å². The Hall–Kier alpha value is -2.35. The molecule has 0 aliphatic carbocycles. The van der Waals surface area contributed by atoms with Crippen LogP contribution in [0.1, 0.15) is 29.8 Å². The van der Waals surface area contributed by atoms with Crippen LogP contribution in [0.3, 0.4) is 0 Å². The fourth-order valence-electron chi connectivity index (χ4n) is 3.85. The number of nitrogens with one attached hydrogen (secondary N) is 2. The first-order valence-corrected chi connectivity index (χ1v) is 10.8. The molecule has 152 valence electrons. The Morgan fingerprint density at radius 3 is 2.76 bits per heavy atom. The molecule has 2 aromatic rings. The third-order valence-corrected chi connectivity index (χ3v) is 6.10. The van der Waals surface area contributed by atoms with Gasteiger partial charge in [-0.15, -0.1) is 11.8 Å². The normalized spacial score (nSPS) is 21.9. The number of hydrogen-bond donors (Lipinski definition) is 2. The number of morpholine rings is 1. The Morgan fingerprint density at radius 2 is 1.97 bits per heavy atom. The summed E-state index contributed by atoms with van der Waals surface area (Å²) < 4.78 is 5.82. The first kappa shape index (κ1) is 19.9. The van der Waals surface area contributed by atoms with Crippen LogP contribution in [0.4, 0.5) is 11.4 Å². The molecule has 0 unspecified atom stereocenters. The van der Waals surface area contributed by atoms with Crippen molar-refractivity contribution in [2.24, 2.45) is 0 Å². The second-order valence-electron chi connectivity index (χ2n) is 7.61. The van der Waals surface area contributed by atoms with Gasteiger partial charge in [0.1, 0.15) is 0 Å². The summed E-state index contributed by atoms with van der Waals surface area (Å²) in [6, 6.07) is 13.3. The molecule has 2 aliphatic rings. The van der Waals surface area contributed by atoms with E-state index < -0.39 is 0 Å². The molecular formula is C22H25N3O3S. The van der Waals surface area contributed by atoms with Crippen LogP contribution >= 0.6 is 11.8 Å². The summed E-state index contributed by atoms with van der Waals surface area (Å²) in [5, 5.41) is 5.88. The number of rotatable bonds is 4. The molecule has 29 heavy (non-hydrogen) atoms. The average Bonchev–Trinajstić information content (AvgIpc) is 2.68. The molecule has 0 spiro atoms. The van der Waals surface area contributed by atoms with E-state index in [0.29, 0.717) is 17.0 Å². The minimum absolute atomic E-state index is 0.0422. The van der Waals surface area contributed by atoms with Gasteiger partial charge in [-0.05, 0) is 43.7 Å². The van der Waals surface area contributed by atoms with Gasteiger partial charge in [-0.3, -0.25) is 14.5 Å². The second kappa shape index (κ2) is 8.57. The van der Waals surface area contributed by atoms with Crippen LogP contribution in [0.5, 0.6) is 0 Å². The number of para-hydroxylation sites is 1. The van der Waals surface area contributed by atoms with Crippen molar-refractivity contribution < 1.29 is 14.3 Å². The molecule has 6 nitrogen and oxygen atoms in total. The van der Waals surface area contributed by atoms with Crippen molar-refractivity contribution in [1.29, 1.82) is 0 Å². The van der Waals surface area contributed by atoms with Gasteiger partial charge in [-0.1, -0.05) is 18.2 Å². The number of carbonyl (C=O) groups excluding carboxylic acids is 2. The van der Waals surface area contributed by atoms with Crippen LogP contribution in [-0.4, -0.2) is 47.8 Å². The lowest BCUT2D eigenvalue weighted by atomic mass is 10.1. The van der Waals surface area contributed by atoms with Crippen LogP contribution in [0, 0.1) is 0 Å². The smallest absolute Gasteiger partial charge is 0.255 e. The zero-order valence-corrected chi connectivity index (χ0v) is 17.4. The molecule has 0 radical (unpaired) electrons. The van der Waals surface area contributed by atoms with Crippen LogP contribution < -0.4 is 10.6 Å². The minimum atomic E-state index is -0.186. The number of amides is 2. The fourth-order valence-corrected chi connectivity index (χ4v) is 4.64. The molecule has 0 aromatic heterocycles. The maximum Gasteiger partial charge on any atom is 0.255 e. The van der Waals surface area contributed by atoms with E-state index in [2.05, 4.69) is 29.4 Å². The maximum atomic E-state index is 12.9. The molecule has 2 N–H and O–H groups in total. The molecule has 2 heterocycles. The van der Waals surface area contributed by atoms with Crippen molar-refractivity contribution in [3.63, 3.8) is 0 Å². The minimum Gasteiger partial charge on any atom is -0.373 e. The highest BCUT2D eigenvalue weighted by molar-refractivity contribution is 8.00. The highest BCUT2D eigenvalue weighted by Crippen LogP contribution is 2.32. The van der Waals surface area contributed by atoms with Crippen molar-refractivity contribution >= 4 is 35.0 Å². The van der Waals surface area contributed by atoms with Crippen molar-refractivity contribution in [2.75, 3.05) is 29.5 Å². The first-order chi connectivity index (χ1) is 14.0. The second-order valence-corrected chi connectivity index (χ2v) is 8.63. The van der Waals surface area contributed by atoms with E-state index >= 15 is 0 Å². The van der Waals surface area contributed by atoms with Crippen molar-refractivity contribution in [3.8, 4) is 0 Å². The summed E-state index contributed by atoms with van der Waals surface area (Å²) in [6.07, 6.45) is 0.396. The standard InChI is InChI=1S/C22H25N3O3S/c1-14-10-25(11-15(2)28-14)12-17-5-3-4-6-18(17)24-22(27)16-7-8-20-19(9-16)23-21(26)13-29-20/h3-9,14-15H,10-13H2,1-2H3,(H,23,26)(H,24,27)/t14-,15-/m1/s1. The summed E-state index contributed by atoms with van der Waals surface area (Å²) in [6.45, 7) is 6.67. The monoisotopic (exact) mass is 411 g/mol. The lowest BCUT2D eigenvalue weighted by Gasteiger charge is -2.35. The van der Waals surface area contributed by atoms with Crippen molar-refractivity contribution in [2.45, 2.75) is 37.5 Å². The molecule has 4 rings (SSSR count). The Labute approximate surface area is 175 Å². The average molecular weight is 412 g/mol. The lowest BCUT2D eigenvalue weighted by molar-refractivity contribution is -0.113. The first-order valence-electron chi connectivity index (χ1n) is 9.81. The summed E-state index contributed by atoms with van der Waals surface area (Å²) in [7, 11) is 0. The third-order valence-electron chi connectivity index (χ3n) is 5.03. The fraction of sp³-hybridized carbons (Fsp3) is 0.364. The van der Waals surface area contributed by atoms with E-state index in [1.165, 1.54) is 11.8 Å². The van der Waals surface area contributed by atoms with Gasteiger partial charge in [0, 0.05) is 35.8 Å². The number of nitrogens with zero attached hydrogens (tertiary/aromatic N) is 1. The predicted molar refractivity (Wildman–Crippen MR) is 115 cm³/mol. The largest absolute Gasteiger partial charge is 0.373 e. The number of hydrogen-bond acceptors (Lipinski definition) is 5. The van der Waals surface area contributed by atoms with E-state index in [1.807, 2.05) is 30.3 Å². The van der Waals surface area contributed by atoms with E-state index in [0.717, 1.165) is 35.8 Å². The van der Waals surface area contributed by atoms with E-state index in [-0.39, 0.29) is 24.0 Å². The van der Waals surface area contributed by atoms with E-state index in [9.17, 15) is 9.59 Å². The summed E-state index contributed by atoms with van der Waals surface area (Å²) >= 11 is 1.48. The molecule has 1 fully saturated rings. The van der Waals surface area contributed by atoms with Gasteiger partial charge in [0.05, 0.1) is 23.6 Å². The zero-order chi connectivity index (χ0) is 20.4. The van der Waals surface area contributed by atoms with E-state index in [4.69, 9.17) is 4.74 Å². The summed E-state index contributed by atoms with van der Waals surface area (Å²) in [4.78, 5) is 27.8. The molecular weight excluding hydrogens is 386 g/mol. The molecule has 2 aromatic carbocycles. The van der Waals surface area contributed by atoms with Crippen LogP contribution in [0.2, 0.25) is 0 Å². The highest BCUT2D eigenvalue weighted by atomic mass is 32.2. The lowest BCUT2D eigenvalue weighted by Crippen LogP contribution is -2.44. The van der Waals surface area contributed by atoms with Gasteiger partial charge in [-0.25, -0.2) is 0 Å². The zero-order valence-electron chi connectivity index (χ0n) is 16.6.